The number of aliphatic carboxylic acids is 1. The van der Waals surface area contributed by atoms with Crippen LogP contribution in [-0.4, -0.2) is 24.2 Å². The van der Waals surface area contributed by atoms with Gasteiger partial charge in [0.25, 0.3) is 0 Å². The van der Waals surface area contributed by atoms with E-state index in [1.165, 1.54) is 12.1 Å². The smallest absolute Gasteiger partial charge is 0.416 e. The Kier molecular flexibility index (Phi) is 5.05. The van der Waals surface area contributed by atoms with Crippen molar-refractivity contribution in [1.82, 2.24) is 5.32 Å². The summed E-state index contributed by atoms with van der Waals surface area (Å²) in [6.07, 6.45) is -3.87. The maximum atomic E-state index is 12.7. The molecule has 1 heterocycles. The normalized spacial score (nSPS) is 18.1. The third-order valence-electron chi connectivity index (χ3n) is 3.61. The standard InChI is InChI=1S/C13H14F3NO2.ClH/c14-13(15,16)10-3-1-2-9(8-10)12(11(18)19)4-6-17-7-5-12;/h1-3,8,17H,4-7H2,(H,18,19);1H. The molecule has 0 aliphatic carbocycles. The zero-order chi connectivity index (χ0) is 14.1. The van der Waals surface area contributed by atoms with Crippen molar-refractivity contribution in [3.63, 3.8) is 0 Å². The number of nitrogens with one attached hydrogen (secondary N) is 1. The van der Waals surface area contributed by atoms with Crippen LogP contribution in [0.15, 0.2) is 24.3 Å². The average molecular weight is 310 g/mol. The number of rotatable bonds is 2. The Balaban J connectivity index is 0.00000200. The molecule has 0 amide bonds. The molecule has 0 bridgehead atoms. The van der Waals surface area contributed by atoms with Gasteiger partial charge in [-0.2, -0.15) is 13.2 Å². The summed E-state index contributed by atoms with van der Waals surface area (Å²) in [5, 5.41) is 12.5. The Hall–Kier alpha value is -1.27. The van der Waals surface area contributed by atoms with Gasteiger partial charge in [-0.05, 0) is 37.6 Å². The number of hydrogen-bond acceptors (Lipinski definition) is 2. The largest absolute Gasteiger partial charge is 0.481 e. The number of halogens is 4. The maximum absolute atomic E-state index is 12.7. The molecule has 112 valence electrons. The van der Waals surface area contributed by atoms with E-state index in [1.54, 1.807) is 0 Å². The van der Waals surface area contributed by atoms with E-state index in [0.717, 1.165) is 12.1 Å². The molecule has 7 heteroatoms. The van der Waals surface area contributed by atoms with Crippen LogP contribution in [0, 0.1) is 0 Å². The molecule has 1 fully saturated rings. The topological polar surface area (TPSA) is 49.3 Å². The van der Waals surface area contributed by atoms with Gasteiger partial charge in [-0.3, -0.25) is 4.79 Å². The molecular formula is C13H15ClF3NO2. The first kappa shape index (κ1) is 16.8. The highest BCUT2D eigenvalue weighted by molar-refractivity contribution is 5.85. The van der Waals surface area contributed by atoms with Crippen LogP contribution in [0.25, 0.3) is 0 Å². The number of carbonyl (C=O) groups is 1. The molecule has 0 unspecified atom stereocenters. The first-order chi connectivity index (χ1) is 8.86. The Bertz CT molecular complexity index is 485. The van der Waals surface area contributed by atoms with E-state index in [-0.39, 0.29) is 18.0 Å². The van der Waals surface area contributed by atoms with Crippen molar-refractivity contribution in [1.29, 1.82) is 0 Å². The zero-order valence-corrected chi connectivity index (χ0v) is 11.4. The van der Waals surface area contributed by atoms with Crippen LogP contribution < -0.4 is 5.32 Å². The van der Waals surface area contributed by atoms with E-state index in [0.29, 0.717) is 25.9 Å². The first-order valence-electron chi connectivity index (χ1n) is 5.98. The molecule has 0 atom stereocenters. The fourth-order valence-electron chi connectivity index (χ4n) is 2.47. The lowest BCUT2D eigenvalue weighted by atomic mass is 9.73. The summed E-state index contributed by atoms with van der Waals surface area (Å²) in [4.78, 5) is 11.5. The molecule has 0 radical (unpaired) electrons. The van der Waals surface area contributed by atoms with Crippen LogP contribution in [-0.2, 0) is 16.4 Å². The SMILES string of the molecule is Cl.O=C(O)C1(c2cccc(C(F)(F)F)c2)CCNCC1. The van der Waals surface area contributed by atoms with E-state index in [9.17, 15) is 23.1 Å². The molecule has 1 aromatic rings. The van der Waals surface area contributed by atoms with Gasteiger partial charge < -0.3 is 10.4 Å². The minimum Gasteiger partial charge on any atom is -0.481 e. The van der Waals surface area contributed by atoms with Gasteiger partial charge in [-0.25, -0.2) is 0 Å². The average Bonchev–Trinajstić information content (AvgIpc) is 2.38. The molecule has 3 nitrogen and oxygen atoms in total. The predicted octanol–water partition coefficient (Wildman–Crippen LogP) is 2.83. The number of benzene rings is 1. The van der Waals surface area contributed by atoms with Gasteiger partial charge >= 0.3 is 12.1 Å². The summed E-state index contributed by atoms with van der Waals surface area (Å²) in [7, 11) is 0. The molecule has 0 aromatic heterocycles. The van der Waals surface area contributed by atoms with Gasteiger partial charge in [-0.1, -0.05) is 18.2 Å². The predicted molar refractivity (Wildman–Crippen MR) is 70.1 cm³/mol. The number of carboxylic acid groups (broad SMARTS) is 1. The fourth-order valence-corrected chi connectivity index (χ4v) is 2.47. The lowest BCUT2D eigenvalue weighted by molar-refractivity contribution is -0.145. The van der Waals surface area contributed by atoms with Crippen molar-refractivity contribution < 1.29 is 23.1 Å². The lowest BCUT2D eigenvalue weighted by Crippen LogP contribution is -2.45. The van der Waals surface area contributed by atoms with Gasteiger partial charge in [0.2, 0.25) is 0 Å². The van der Waals surface area contributed by atoms with Crippen molar-refractivity contribution in [2.45, 2.75) is 24.4 Å². The van der Waals surface area contributed by atoms with Crippen LogP contribution in [0.4, 0.5) is 13.2 Å². The molecule has 0 saturated carbocycles. The minimum atomic E-state index is -4.46. The summed E-state index contributed by atoms with van der Waals surface area (Å²) in [5.41, 5.74) is -1.78. The number of carboxylic acids is 1. The highest BCUT2D eigenvalue weighted by atomic mass is 35.5. The van der Waals surface area contributed by atoms with Gasteiger partial charge in [0, 0.05) is 0 Å². The molecule has 0 spiro atoms. The van der Waals surface area contributed by atoms with Crippen molar-refractivity contribution in [2.75, 3.05) is 13.1 Å². The second-order valence-electron chi connectivity index (χ2n) is 4.72. The van der Waals surface area contributed by atoms with Crippen LogP contribution in [0.1, 0.15) is 24.0 Å². The number of hydrogen-bond donors (Lipinski definition) is 2. The first-order valence-corrected chi connectivity index (χ1v) is 5.98. The molecular weight excluding hydrogens is 295 g/mol. The molecule has 2 rings (SSSR count). The second-order valence-corrected chi connectivity index (χ2v) is 4.72. The van der Waals surface area contributed by atoms with E-state index >= 15 is 0 Å². The third kappa shape index (κ3) is 3.07. The van der Waals surface area contributed by atoms with Crippen LogP contribution >= 0.6 is 12.4 Å². The van der Waals surface area contributed by atoms with Crippen LogP contribution in [0.2, 0.25) is 0 Å². The summed E-state index contributed by atoms with van der Waals surface area (Å²) in [6.45, 7) is 0.977. The van der Waals surface area contributed by atoms with Crippen molar-refractivity contribution >= 4 is 18.4 Å². The molecule has 1 aliphatic heterocycles. The molecule has 1 saturated heterocycles. The van der Waals surface area contributed by atoms with Crippen molar-refractivity contribution in [3.8, 4) is 0 Å². The van der Waals surface area contributed by atoms with E-state index in [2.05, 4.69) is 5.32 Å². The van der Waals surface area contributed by atoms with Crippen molar-refractivity contribution in [2.24, 2.45) is 0 Å². The van der Waals surface area contributed by atoms with Gasteiger partial charge in [0.1, 0.15) is 0 Å². The second kappa shape index (κ2) is 6.01. The molecule has 1 aromatic carbocycles. The summed E-state index contributed by atoms with van der Waals surface area (Å²) in [5.74, 6) is -1.06. The minimum absolute atomic E-state index is 0. The van der Waals surface area contributed by atoms with Crippen LogP contribution in [0.3, 0.4) is 0 Å². The van der Waals surface area contributed by atoms with E-state index in [1.807, 2.05) is 0 Å². The van der Waals surface area contributed by atoms with E-state index in [4.69, 9.17) is 0 Å². The summed E-state index contributed by atoms with van der Waals surface area (Å²) >= 11 is 0. The summed E-state index contributed by atoms with van der Waals surface area (Å²) < 4.78 is 38.1. The van der Waals surface area contributed by atoms with E-state index < -0.39 is 23.1 Å². The monoisotopic (exact) mass is 309 g/mol. The van der Waals surface area contributed by atoms with Gasteiger partial charge in [-0.15, -0.1) is 12.4 Å². The fraction of sp³-hybridized carbons (Fsp3) is 0.462. The Labute approximate surface area is 120 Å². The third-order valence-corrected chi connectivity index (χ3v) is 3.61. The Morgan fingerprint density at radius 1 is 1.25 bits per heavy atom. The Morgan fingerprint density at radius 2 is 1.85 bits per heavy atom. The molecule has 2 N–H and O–H groups in total. The highest BCUT2D eigenvalue weighted by Crippen LogP contribution is 2.37. The quantitative estimate of drug-likeness (QED) is 0.883. The Morgan fingerprint density at radius 3 is 2.35 bits per heavy atom. The van der Waals surface area contributed by atoms with Crippen LogP contribution in [0.5, 0.6) is 0 Å². The number of piperidine rings is 1. The van der Waals surface area contributed by atoms with Crippen molar-refractivity contribution in [3.05, 3.63) is 35.4 Å². The highest BCUT2D eigenvalue weighted by Gasteiger charge is 2.42. The molecule has 1 aliphatic rings. The number of alkyl halides is 3. The summed E-state index contributed by atoms with van der Waals surface area (Å²) in [6, 6.07) is 4.65. The van der Waals surface area contributed by atoms with Gasteiger partial charge in [0.15, 0.2) is 0 Å². The lowest BCUT2D eigenvalue weighted by Gasteiger charge is -2.34. The van der Waals surface area contributed by atoms with Gasteiger partial charge in [0.05, 0.1) is 11.0 Å². The maximum Gasteiger partial charge on any atom is 0.416 e. The molecule has 20 heavy (non-hydrogen) atoms. The zero-order valence-electron chi connectivity index (χ0n) is 10.5.